The molecule has 2 unspecified atom stereocenters. The lowest BCUT2D eigenvalue weighted by Gasteiger charge is -2.41. The Bertz CT molecular complexity index is 1530. The van der Waals surface area contributed by atoms with Crippen LogP contribution in [-0.4, -0.2) is 46.5 Å². The van der Waals surface area contributed by atoms with Crippen molar-refractivity contribution < 1.29 is 0 Å². The number of aromatic nitrogens is 3. The number of nitrogens with two attached hydrogens (primary N) is 1. The molecule has 3 N–H and O–H groups in total. The summed E-state index contributed by atoms with van der Waals surface area (Å²) in [6.45, 7) is 11.6. The number of piperazine rings is 1. The maximum absolute atomic E-state index is 4.84. The van der Waals surface area contributed by atoms with E-state index in [0.717, 1.165) is 35.4 Å². The van der Waals surface area contributed by atoms with E-state index in [1.807, 2.05) is 16.9 Å². The van der Waals surface area contributed by atoms with Crippen LogP contribution in [0.4, 0.5) is 5.69 Å². The van der Waals surface area contributed by atoms with Gasteiger partial charge in [-0.1, -0.05) is 48.5 Å². The number of nitrogens with zero attached hydrogens (tertiary/aromatic N) is 5. The van der Waals surface area contributed by atoms with Gasteiger partial charge >= 0.3 is 0 Å². The molecule has 0 aliphatic carbocycles. The normalized spacial score (nSPS) is 17.4. The summed E-state index contributed by atoms with van der Waals surface area (Å²) >= 11 is 0. The smallest absolute Gasteiger partial charge is 0.162 e. The van der Waals surface area contributed by atoms with Gasteiger partial charge in [-0.15, -0.1) is 0 Å². The molecule has 0 amide bonds. The minimum atomic E-state index is 0.480. The van der Waals surface area contributed by atoms with Crippen LogP contribution in [-0.2, 0) is 0 Å². The van der Waals surface area contributed by atoms with E-state index in [0.29, 0.717) is 12.1 Å². The van der Waals surface area contributed by atoms with Crippen molar-refractivity contribution in [3.8, 4) is 22.3 Å². The predicted molar refractivity (Wildman–Crippen MR) is 154 cm³/mol. The lowest BCUT2D eigenvalue weighted by Crippen LogP contribution is -2.55. The van der Waals surface area contributed by atoms with Gasteiger partial charge in [0.05, 0.1) is 6.20 Å². The van der Waals surface area contributed by atoms with Crippen molar-refractivity contribution in [2.75, 3.05) is 18.0 Å². The lowest BCUT2D eigenvalue weighted by molar-refractivity contribution is 0.432. The molecule has 3 heterocycles. The summed E-state index contributed by atoms with van der Waals surface area (Å²) in [4.78, 5) is 7.35. The second-order valence-electron chi connectivity index (χ2n) is 9.64. The minimum Gasteiger partial charge on any atom is -0.364 e. The molecule has 0 saturated carbocycles. The highest BCUT2D eigenvalue weighted by Gasteiger charge is 2.24. The zero-order valence-corrected chi connectivity index (χ0v) is 21.6. The zero-order chi connectivity index (χ0) is 25.9. The van der Waals surface area contributed by atoms with Crippen molar-refractivity contribution in [2.45, 2.75) is 32.9 Å². The van der Waals surface area contributed by atoms with E-state index in [2.05, 4.69) is 121 Å². The van der Waals surface area contributed by atoms with Crippen LogP contribution in [0, 0.1) is 6.92 Å². The number of aryl methyl sites for hydroxylation is 1. The van der Waals surface area contributed by atoms with Crippen LogP contribution in [0.3, 0.4) is 0 Å². The Hall–Kier alpha value is -4.23. The molecule has 0 radical (unpaired) electrons. The number of hydrogen-bond acceptors (Lipinski definition) is 6. The van der Waals surface area contributed by atoms with E-state index in [9.17, 15) is 0 Å². The van der Waals surface area contributed by atoms with Crippen LogP contribution in [0.1, 0.15) is 19.4 Å². The molecule has 2 atom stereocenters. The standard InChI is InChI=1S/C29H29N5.CH4N2/c1-19-6-4-8-26-25(19)7-5-9-27(26)28-17-32-33-18-23(16-31-29(28)33)22-10-12-24(13-11-22)34-20(2)14-30-15-21(34)3;1-3-2/h4-13,16-18,20-21,30H,14-15H2,1-3H3;1-2H2. The largest absolute Gasteiger partial charge is 0.364 e. The van der Waals surface area contributed by atoms with Crippen molar-refractivity contribution in [1.29, 1.82) is 0 Å². The van der Waals surface area contributed by atoms with Crippen LogP contribution in [0.2, 0.25) is 0 Å². The molecule has 3 aromatic carbocycles. The lowest BCUT2D eigenvalue weighted by atomic mass is 9.97. The summed E-state index contributed by atoms with van der Waals surface area (Å²) in [6, 6.07) is 22.7. The molecular formula is C30H33N7. The Morgan fingerprint density at radius 3 is 2.30 bits per heavy atom. The highest BCUT2D eigenvalue weighted by atomic mass is 15.2. The third-order valence-electron chi connectivity index (χ3n) is 7.11. The molecular weight excluding hydrogens is 458 g/mol. The molecule has 1 saturated heterocycles. The van der Waals surface area contributed by atoms with Gasteiger partial charge in [-0.05, 0) is 60.4 Å². The fourth-order valence-electron chi connectivity index (χ4n) is 5.38. The van der Waals surface area contributed by atoms with Crippen molar-refractivity contribution in [2.24, 2.45) is 10.9 Å². The first-order valence-electron chi connectivity index (χ1n) is 12.6. The summed E-state index contributed by atoms with van der Waals surface area (Å²) in [5.41, 5.74) is 7.85. The first-order valence-corrected chi connectivity index (χ1v) is 12.6. The van der Waals surface area contributed by atoms with E-state index >= 15 is 0 Å². The zero-order valence-electron chi connectivity index (χ0n) is 21.6. The van der Waals surface area contributed by atoms with E-state index in [-0.39, 0.29) is 0 Å². The van der Waals surface area contributed by atoms with Crippen LogP contribution in [0.5, 0.6) is 0 Å². The number of rotatable bonds is 3. The SMILES string of the molecule is C=NN.Cc1cccc2c(-c3cnn4cc(-c5ccc(N6C(C)CNCC6C)cc5)cnc34)cccc12. The number of anilines is 1. The van der Waals surface area contributed by atoms with E-state index in [1.165, 1.54) is 27.6 Å². The second kappa shape index (κ2) is 10.4. The molecule has 1 aliphatic rings. The molecule has 6 rings (SSSR count). The Balaban J connectivity index is 0.000000892. The number of hydrazone groups is 1. The first kappa shape index (κ1) is 24.5. The van der Waals surface area contributed by atoms with Crippen molar-refractivity contribution >= 4 is 28.8 Å². The fourth-order valence-corrected chi connectivity index (χ4v) is 5.38. The molecule has 7 heteroatoms. The van der Waals surface area contributed by atoms with Gasteiger partial charge in [0.2, 0.25) is 0 Å². The van der Waals surface area contributed by atoms with Crippen LogP contribution >= 0.6 is 0 Å². The van der Waals surface area contributed by atoms with Gasteiger partial charge in [0.1, 0.15) is 0 Å². The van der Waals surface area contributed by atoms with E-state index in [4.69, 9.17) is 4.98 Å². The van der Waals surface area contributed by atoms with Gasteiger partial charge in [0.15, 0.2) is 5.65 Å². The molecule has 2 aromatic heterocycles. The third-order valence-corrected chi connectivity index (χ3v) is 7.11. The summed E-state index contributed by atoms with van der Waals surface area (Å²) in [7, 11) is 0. The number of fused-ring (bicyclic) bond motifs is 2. The number of benzene rings is 3. The Kier molecular flexibility index (Phi) is 6.88. The molecule has 5 aromatic rings. The monoisotopic (exact) mass is 491 g/mol. The highest BCUT2D eigenvalue weighted by Crippen LogP contribution is 2.33. The Labute approximate surface area is 217 Å². The summed E-state index contributed by atoms with van der Waals surface area (Å²) in [6.07, 6.45) is 5.97. The predicted octanol–water partition coefficient (Wildman–Crippen LogP) is 5.27. The van der Waals surface area contributed by atoms with Gasteiger partial charge in [0.25, 0.3) is 0 Å². The average molecular weight is 492 g/mol. The fraction of sp³-hybridized carbons (Fsp3) is 0.233. The van der Waals surface area contributed by atoms with Gasteiger partial charge in [0, 0.05) is 61.1 Å². The average Bonchev–Trinajstić information content (AvgIpc) is 3.33. The first-order chi connectivity index (χ1) is 18.0. The molecule has 1 fully saturated rings. The Morgan fingerprint density at radius 2 is 1.57 bits per heavy atom. The van der Waals surface area contributed by atoms with Crippen molar-refractivity contribution in [1.82, 2.24) is 19.9 Å². The quantitative estimate of drug-likeness (QED) is 0.204. The maximum Gasteiger partial charge on any atom is 0.162 e. The van der Waals surface area contributed by atoms with E-state index in [1.54, 1.807) is 0 Å². The van der Waals surface area contributed by atoms with Crippen LogP contribution in [0.15, 0.2) is 84.4 Å². The van der Waals surface area contributed by atoms with Crippen LogP contribution in [0.25, 0.3) is 38.7 Å². The van der Waals surface area contributed by atoms with E-state index < -0.39 is 0 Å². The van der Waals surface area contributed by atoms with Crippen LogP contribution < -0.4 is 16.1 Å². The van der Waals surface area contributed by atoms with Gasteiger partial charge in [-0.2, -0.15) is 10.2 Å². The maximum atomic E-state index is 4.84. The summed E-state index contributed by atoms with van der Waals surface area (Å²) < 4.78 is 1.90. The minimum absolute atomic E-state index is 0.480. The van der Waals surface area contributed by atoms with Gasteiger partial charge < -0.3 is 16.1 Å². The molecule has 188 valence electrons. The topological polar surface area (TPSA) is 83.8 Å². The van der Waals surface area contributed by atoms with Gasteiger partial charge in [-0.25, -0.2) is 9.50 Å². The number of nitrogens with one attached hydrogen (secondary N) is 1. The Morgan fingerprint density at radius 1 is 0.892 bits per heavy atom. The van der Waals surface area contributed by atoms with Crippen molar-refractivity contribution in [3.63, 3.8) is 0 Å². The molecule has 1 aliphatic heterocycles. The second-order valence-corrected chi connectivity index (χ2v) is 9.64. The molecule has 37 heavy (non-hydrogen) atoms. The molecule has 0 bridgehead atoms. The highest BCUT2D eigenvalue weighted by molar-refractivity contribution is 6.00. The van der Waals surface area contributed by atoms with Gasteiger partial charge in [-0.3, -0.25) is 0 Å². The van der Waals surface area contributed by atoms with Crippen molar-refractivity contribution in [3.05, 3.63) is 84.8 Å². The molecule has 0 spiro atoms. The summed E-state index contributed by atoms with van der Waals surface area (Å²) in [5.74, 6) is 4.36. The molecule has 7 nitrogen and oxygen atoms in total. The summed E-state index contributed by atoms with van der Waals surface area (Å²) in [5, 5.41) is 13.4. The third kappa shape index (κ3) is 4.66. The number of hydrogen-bond donors (Lipinski definition) is 2.